The lowest BCUT2D eigenvalue weighted by Gasteiger charge is -2.38. The van der Waals surface area contributed by atoms with Crippen molar-refractivity contribution < 1.29 is 28.6 Å². The van der Waals surface area contributed by atoms with E-state index in [4.69, 9.17) is 26.1 Å². The fourth-order valence-corrected chi connectivity index (χ4v) is 5.25. The molecule has 12 heteroatoms. The van der Waals surface area contributed by atoms with Crippen LogP contribution in [0, 0.1) is 11.7 Å². The van der Waals surface area contributed by atoms with Crippen molar-refractivity contribution in [2.24, 2.45) is 10.9 Å². The van der Waals surface area contributed by atoms with Gasteiger partial charge in [0, 0.05) is 47.0 Å². The first kappa shape index (κ1) is 27.2. The molecule has 1 fully saturated rings. The molecule has 1 saturated heterocycles. The number of aliphatic imine (C=N–C) groups is 1. The second-order valence-corrected chi connectivity index (χ2v) is 10.1. The number of carboxylic acid groups (broad SMARTS) is 1. The van der Waals surface area contributed by atoms with Crippen LogP contribution in [-0.4, -0.2) is 71.7 Å². The maximum Gasteiger partial charge on any atom is 0.338 e. The summed E-state index contributed by atoms with van der Waals surface area (Å²) < 4.78 is 24.9. The molecule has 0 saturated carbocycles. The Kier molecular flexibility index (Phi) is 8.91. The normalized spacial score (nSPS) is 21.2. The van der Waals surface area contributed by atoms with E-state index >= 15 is 0 Å². The smallest absolute Gasteiger partial charge is 0.338 e. The fraction of sp³-hybridized carbons (Fsp3) is 0.440. The Hall–Kier alpha value is -2.86. The average Bonchev–Trinajstić information content (AvgIpc) is 3.40. The van der Waals surface area contributed by atoms with E-state index in [-0.39, 0.29) is 29.8 Å². The van der Waals surface area contributed by atoms with Crippen LogP contribution in [0.2, 0.25) is 5.02 Å². The van der Waals surface area contributed by atoms with Crippen molar-refractivity contribution in [3.05, 3.63) is 62.5 Å². The molecule has 3 heterocycles. The molecule has 198 valence electrons. The van der Waals surface area contributed by atoms with Crippen LogP contribution in [0.15, 0.2) is 46.0 Å². The highest BCUT2D eigenvalue weighted by Crippen LogP contribution is 2.37. The van der Waals surface area contributed by atoms with Crippen LogP contribution in [0.3, 0.4) is 0 Å². The number of nitrogens with zero attached hydrogens (tertiary/aromatic N) is 3. The molecule has 1 aromatic heterocycles. The van der Waals surface area contributed by atoms with E-state index in [2.05, 4.69) is 15.2 Å². The van der Waals surface area contributed by atoms with Gasteiger partial charge in [0.05, 0.1) is 31.3 Å². The quantitative estimate of drug-likeness (QED) is 0.455. The van der Waals surface area contributed by atoms with Gasteiger partial charge in [0.1, 0.15) is 11.9 Å². The monoisotopic (exact) mass is 550 g/mol. The molecule has 1 aromatic carbocycles. The minimum absolute atomic E-state index is 0.134. The molecule has 0 spiro atoms. The Morgan fingerprint density at radius 1 is 1.43 bits per heavy atom. The van der Waals surface area contributed by atoms with E-state index in [0.717, 1.165) is 0 Å². The van der Waals surface area contributed by atoms with Crippen LogP contribution in [0.4, 0.5) is 4.39 Å². The number of morpholine rings is 1. The molecule has 9 nitrogen and oxygen atoms in total. The summed E-state index contributed by atoms with van der Waals surface area (Å²) in [6.07, 6.45) is 2.04. The maximum absolute atomic E-state index is 13.9. The third-order valence-corrected chi connectivity index (χ3v) is 7.38. The Morgan fingerprint density at radius 3 is 2.92 bits per heavy atom. The lowest BCUT2D eigenvalue weighted by molar-refractivity contribution is -0.142. The summed E-state index contributed by atoms with van der Waals surface area (Å²) in [4.78, 5) is 36.1. The molecular weight excluding hydrogens is 523 g/mol. The zero-order chi connectivity index (χ0) is 26.5. The van der Waals surface area contributed by atoms with Crippen molar-refractivity contribution in [1.82, 2.24) is 15.2 Å². The van der Waals surface area contributed by atoms with Crippen molar-refractivity contribution in [2.75, 3.05) is 32.9 Å². The van der Waals surface area contributed by atoms with Crippen LogP contribution < -0.4 is 5.32 Å². The molecule has 37 heavy (non-hydrogen) atoms. The van der Waals surface area contributed by atoms with E-state index in [1.165, 1.54) is 29.5 Å². The third kappa shape index (κ3) is 6.35. The van der Waals surface area contributed by atoms with Gasteiger partial charge in [-0.15, -0.1) is 11.3 Å². The molecule has 2 aromatic rings. The number of aliphatic carboxylic acids is 1. The molecule has 3 atom stereocenters. The van der Waals surface area contributed by atoms with Crippen molar-refractivity contribution in [3.63, 3.8) is 0 Å². The van der Waals surface area contributed by atoms with Crippen LogP contribution >= 0.6 is 22.9 Å². The number of halogens is 2. The summed E-state index contributed by atoms with van der Waals surface area (Å²) in [6, 6.07) is 2.94. The second kappa shape index (κ2) is 12.1. The highest BCUT2D eigenvalue weighted by Gasteiger charge is 2.36. The number of ether oxygens (including phenoxy) is 2. The summed E-state index contributed by atoms with van der Waals surface area (Å²) in [5, 5.41) is 15.3. The first-order valence-corrected chi connectivity index (χ1v) is 13.2. The van der Waals surface area contributed by atoms with Gasteiger partial charge in [-0.3, -0.25) is 14.7 Å². The topological polar surface area (TPSA) is 113 Å². The molecular formula is C25H28ClFN4O5S. The zero-order valence-electron chi connectivity index (χ0n) is 20.4. The van der Waals surface area contributed by atoms with Crippen molar-refractivity contribution in [3.8, 4) is 0 Å². The van der Waals surface area contributed by atoms with Gasteiger partial charge in [-0.1, -0.05) is 24.6 Å². The fourth-order valence-electron chi connectivity index (χ4n) is 4.39. The Labute approximate surface area is 223 Å². The lowest BCUT2D eigenvalue weighted by atomic mass is 9.94. The van der Waals surface area contributed by atoms with Gasteiger partial charge in [0.15, 0.2) is 10.8 Å². The number of rotatable bonds is 9. The molecule has 0 amide bonds. The molecule has 0 bridgehead atoms. The highest BCUT2D eigenvalue weighted by molar-refractivity contribution is 7.11. The minimum atomic E-state index is -0.878. The second-order valence-electron chi connectivity index (χ2n) is 8.80. The maximum atomic E-state index is 13.9. The summed E-state index contributed by atoms with van der Waals surface area (Å²) in [5.74, 6) is -2.06. The number of carboxylic acids is 1. The Bertz CT molecular complexity index is 1210. The van der Waals surface area contributed by atoms with Gasteiger partial charge in [0.25, 0.3) is 0 Å². The van der Waals surface area contributed by atoms with Crippen LogP contribution in [-0.2, 0) is 19.1 Å². The summed E-state index contributed by atoms with van der Waals surface area (Å²) in [5.41, 5.74) is 1.25. The van der Waals surface area contributed by atoms with E-state index in [1.54, 1.807) is 20.0 Å². The van der Waals surface area contributed by atoms with Gasteiger partial charge in [0.2, 0.25) is 0 Å². The number of carbonyl (C=O) groups excluding carboxylic acids is 1. The van der Waals surface area contributed by atoms with E-state index in [0.29, 0.717) is 48.3 Å². The summed E-state index contributed by atoms with van der Waals surface area (Å²) in [6.45, 7) is 5.21. The minimum Gasteiger partial charge on any atom is -0.481 e. The van der Waals surface area contributed by atoms with Gasteiger partial charge in [-0.2, -0.15) is 0 Å². The molecule has 1 unspecified atom stereocenters. The van der Waals surface area contributed by atoms with Gasteiger partial charge >= 0.3 is 11.9 Å². The van der Waals surface area contributed by atoms with E-state index in [9.17, 15) is 19.1 Å². The van der Waals surface area contributed by atoms with Crippen molar-refractivity contribution in [2.45, 2.75) is 32.4 Å². The Balaban J connectivity index is 1.78. The summed E-state index contributed by atoms with van der Waals surface area (Å²) in [7, 11) is 0. The van der Waals surface area contributed by atoms with Gasteiger partial charge < -0.3 is 19.9 Å². The number of carbonyl (C=O) groups is 2. The molecule has 2 aliphatic heterocycles. The number of hydrogen-bond acceptors (Lipinski definition) is 9. The predicted octanol–water partition coefficient (Wildman–Crippen LogP) is 3.66. The average molecular weight is 551 g/mol. The van der Waals surface area contributed by atoms with Gasteiger partial charge in [-0.05, 0) is 25.5 Å². The van der Waals surface area contributed by atoms with E-state index in [1.807, 2.05) is 5.38 Å². The first-order valence-electron chi connectivity index (χ1n) is 11.9. The SMILES string of the molecule is CCOC(=O)C1=C(CN2CCOC[C@H]2CC(C)C(=O)O)NC(c2nccs2)=N[C@H]1c1ccc(F)cc1Cl. The number of esters is 1. The molecule has 2 aliphatic rings. The molecule has 0 radical (unpaired) electrons. The standard InChI is InChI=1S/C25H28ClFN4O5S/c1-3-36-25(34)20-19(12-31-7-8-35-13-16(31)10-14(2)24(32)33)29-22(23-28-6-9-37-23)30-21(20)17-5-4-15(27)11-18(17)26/h4-6,9,11,14,16,21H,3,7-8,10,12-13H2,1-2H3,(H,29,30)(H,32,33)/t14?,16-,21+/m1/s1. The number of aromatic nitrogens is 1. The zero-order valence-corrected chi connectivity index (χ0v) is 22.0. The van der Waals surface area contributed by atoms with Crippen LogP contribution in [0.5, 0.6) is 0 Å². The number of thiazole rings is 1. The number of nitrogens with one attached hydrogen (secondary N) is 1. The Morgan fingerprint density at radius 2 is 2.24 bits per heavy atom. The highest BCUT2D eigenvalue weighted by atomic mass is 35.5. The lowest BCUT2D eigenvalue weighted by Crippen LogP contribution is -2.49. The molecule has 0 aliphatic carbocycles. The predicted molar refractivity (Wildman–Crippen MR) is 137 cm³/mol. The van der Waals surface area contributed by atoms with Crippen molar-refractivity contribution in [1.29, 1.82) is 0 Å². The molecule has 2 N–H and O–H groups in total. The van der Waals surface area contributed by atoms with Gasteiger partial charge in [-0.25, -0.2) is 14.2 Å². The summed E-state index contributed by atoms with van der Waals surface area (Å²) >= 11 is 7.81. The van der Waals surface area contributed by atoms with Crippen LogP contribution in [0.25, 0.3) is 0 Å². The number of amidine groups is 1. The van der Waals surface area contributed by atoms with E-state index < -0.39 is 29.7 Å². The first-order chi connectivity index (χ1) is 17.8. The number of benzene rings is 1. The molecule has 4 rings (SSSR count). The van der Waals surface area contributed by atoms with Crippen LogP contribution in [0.1, 0.15) is 36.9 Å². The van der Waals surface area contributed by atoms with Crippen molar-refractivity contribution >= 4 is 40.7 Å². The largest absolute Gasteiger partial charge is 0.481 e. The number of hydrogen-bond donors (Lipinski definition) is 2. The third-order valence-electron chi connectivity index (χ3n) is 6.27.